The predicted molar refractivity (Wildman–Crippen MR) is 55.9 cm³/mol. The van der Waals surface area contributed by atoms with Crippen LogP contribution in [0.2, 0.25) is 0 Å². The van der Waals surface area contributed by atoms with Gasteiger partial charge in [-0.25, -0.2) is 0 Å². The highest BCUT2D eigenvalue weighted by atomic mass is 16.5. The molecule has 0 rings (SSSR count). The van der Waals surface area contributed by atoms with Crippen molar-refractivity contribution >= 4 is 5.96 Å². The summed E-state index contributed by atoms with van der Waals surface area (Å²) in [4.78, 5) is 4.06. The maximum Gasteiger partial charge on any atom is 0.188 e. The van der Waals surface area contributed by atoms with Gasteiger partial charge in [-0.1, -0.05) is 13.3 Å². The van der Waals surface area contributed by atoms with Gasteiger partial charge in [0.2, 0.25) is 0 Å². The van der Waals surface area contributed by atoms with E-state index in [1.807, 2.05) is 6.92 Å². The van der Waals surface area contributed by atoms with Crippen molar-refractivity contribution in [3.63, 3.8) is 0 Å². The Morgan fingerprint density at radius 3 is 2.69 bits per heavy atom. The minimum atomic E-state index is 0.283. The van der Waals surface area contributed by atoms with E-state index in [0.29, 0.717) is 19.1 Å². The van der Waals surface area contributed by atoms with Crippen LogP contribution in [0.15, 0.2) is 4.99 Å². The second-order valence-corrected chi connectivity index (χ2v) is 2.94. The van der Waals surface area contributed by atoms with Gasteiger partial charge < -0.3 is 15.8 Å². The van der Waals surface area contributed by atoms with Gasteiger partial charge in [-0.3, -0.25) is 4.99 Å². The first kappa shape index (κ1) is 12.2. The highest BCUT2D eigenvalue weighted by Gasteiger charge is 2.06. The van der Waals surface area contributed by atoms with Crippen molar-refractivity contribution in [2.45, 2.75) is 32.7 Å². The number of guanidine groups is 1. The molecule has 1 unspecified atom stereocenters. The van der Waals surface area contributed by atoms with E-state index >= 15 is 0 Å². The van der Waals surface area contributed by atoms with Crippen LogP contribution in [0.4, 0.5) is 0 Å². The molecule has 78 valence electrons. The molecule has 0 aliphatic carbocycles. The third-order valence-corrected chi connectivity index (χ3v) is 1.69. The first-order valence-corrected chi connectivity index (χ1v) is 4.79. The largest absolute Gasteiger partial charge is 0.383 e. The van der Waals surface area contributed by atoms with Gasteiger partial charge in [0.15, 0.2) is 5.96 Å². The molecule has 0 heterocycles. The molecular weight excluding hydrogens is 166 g/mol. The van der Waals surface area contributed by atoms with Crippen LogP contribution in [-0.2, 0) is 4.74 Å². The zero-order chi connectivity index (χ0) is 10.1. The lowest BCUT2D eigenvalue weighted by Crippen LogP contribution is -2.42. The molecule has 0 fully saturated rings. The first-order chi connectivity index (χ1) is 6.24. The molecule has 0 aliphatic rings. The lowest BCUT2D eigenvalue weighted by molar-refractivity contribution is 0.169. The molecule has 0 aromatic rings. The Balaban J connectivity index is 3.85. The number of nitrogens with one attached hydrogen (secondary N) is 1. The van der Waals surface area contributed by atoms with E-state index in [-0.39, 0.29) is 6.04 Å². The van der Waals surface area contributed by atoms with E-state index in [4.69, 9.17) is 10.5 Å². The van der Waals surface area contributed by atoms with Crippen LogP contribution in [0.5, 0.6) is 0 Å². The van der Waals surface area contributed by atoms with Crippen LogP contribution in [0.1, 0.15) is 26.7 Å². The number of nitrogens with two attached hydrogens (primary N) is 1. The van der Waals surface area contributed by atoms with Crippen molar-refractivity contribution in [1.29, 1.82) is 0 Å². The molecule has 0 aromatic carbocycles. The predicted octanol–water partition coefficient (Wildman–Crippen LogP) is 0.726. The highest BCUT2D eigenvalue weighted by molar-refractivity contribution is 5.78. The second-order valence-electron chi connectivity index (χ2n) is 2.94. The molecule has 0 aliphatic heterocycles. The summed E-state index contributed by atoms with van der Waals surface area (Å²) in [7, 11) is 1.69. The molecule has 1 atom stereocenters. The lowest BCUT2D eigenvalue weighted by Gasteiger charge is -2.17. The van der Waals surface area contributed by atoms with E-state index in [2.05, 4.69) is 17.2 Å². The molecule has 0 saturated carbocycles. The summed E-state index contributed by atoms with van der Waals surface area (Å²) < 4.78 is 5.06. The summed E-state index contributed by atoms with van der Waals surface area (Å²) in [6.45, 7) is 5.48. The van der Waals surface area contributed by atoms with Gasteiger partial charge in [0, 0.05) is 13.7 Å². The van der Waals surface area contributed by atoms with Crippen molar-refractivity contribution in [2.24, 2.45) is 10.7 Å². The monoisotopic (exact) mass is 187 g/mol. The molecule has 0 spiro atoms. The third-order valence-electron chi connectivity index (χ3n) is 1.69. The fraction of sp³-hybridized carbons (Fsp3) is 0.889. The van der Waals surface area contributed by atoms with Crippen LogP contribution in [0, 0.1) is 0 Å². The van der Waals surface area contributed by atoms with Crippen molar-refractivity contribution in [3.8, 4) is 0 Å². The lowest BCUT2D eigenvalue weighted by atomic mass is 10.2. The maximum absolute atomic E-state index is 5.63. The van der Waals surface area contributed by atoms with Crippen molar-refractivity contribution in [1.82, 2.24) is 5.32 Å². The molecule has 0 amide bonds. The Bertz CT molecular complexity index is 142. The minimum Gasteiger partial charge on any atom is -0.383 e. The fourth-order valence-electron chi connectivity index (χ4n) is 1.17. The molecule has 0 saturated heterocycles. The Hall–Kier alpha value is -0.770. The summed E-state index contributed by atoms with van der Waals surface area (Å²) >= 11 is 0. The number of aliphatic imine (C=N–C) groups is 1. The smallest absolute Gasteiger partial charge is 0.188 e. The topological polar surface area (TPSA) is 59.6 Å². The van der Waals surface area contributed by atoms with Gasteiger partial charge in [-0.15, -0.1) is 0 Å². The van der Waals surface area contributed by atoms with Gasteiger partial charge in [-0.05, 0) is 13.3 Å². The Morgan fingerprint density at radius 2 is 2.23 bits per heavy atom. The Labute approximate surface area is 80.6 Å². The molecule has 4 nitrogen and oxygen atoms in total. The van der Waals surface area contributed by atoms with Crippen molar-refractivity contribution in [2.75, 3.05) is 20.3 Å². The van der Waals surface area contributed by atoms with Crippen LogP contribution in [0.3, 0.4) is 0 Å². The van der Waals surface area contributed by atoms with Crippen LogP contribution < -0.4 is 11.1 Å². The van der Waals surface area contributed by atoms with Crippen LogP contribution in [0.25, 0.3) is 0 Å². The maximum atomic E-state index is 5.63. The Morgan fingerprint density at radius 1 is 1.54 bits per heavy atom. The third kappa shape index (κ3) is 6.40. The Kier molecular flexibility index (Phi) is 7.39. The second kappa shape index (κ2) is 7.86. The van der Waals surface area contributed by atoms with Crippen LogP contribution in [-0.4, -0.2) is 32.3 Å². The molecule has 0 radical (unpaired) electrons. The number of methoxy groups -OCH3 is 1. The molecule has 4 heteroatoms. The van der Waals surface area contributed by atoms with E-state index in [9.17, 15) is 0 Å². The minimum absolute atomic E-state index is 0.283. The van der Waals surface area contributed by atoms with Crippen molar-refractivity contribution < 1.29 is 4.74 Å². The zero-order valence-corrected chi connectivity index (χ0v) is 8.84. The fourth-order valence-corrected chi connectivity index (χ4v) is 1.17. The summed E-state index contributed by atoms with van der Waals surface area (Å²) in [5.41, 5.74) is 5.63. The van der Waals surface area contributed by atoms with Gasteiger partial charge >= 0.3 is 0 Å². The summed E-state index contributed by atoms with van der Waals surface area (Å²) in [5.74, 6) is 0.512. The number of hydrogen-bond donors (Lipinski definition) is 2. The summed E-state index contributed by atoms with van der Waals surface area (Å²) in [6, 6.07) is 0.283. The average molecular weight is 187 g/mol. The van der Waals surface area contributed by atoms with E-state index in [1.165, 1.54) is 0 Å². The SMILES string of the molecule is CCCC(COC)NC(N)=NCC. The highest BCUT2D eigenvalue weighted by Crippen LogP contribution is 1.96. The van der Waals surface area contributed by atoms with Crippen LogP contribution >= 0.6 is 0 Å². The average Bonchev–Trinajstić information content (AvgIpc) is 2.05. The number of ether oxygens (including phenoxy) is 1. The van der Waals surface area contributed by atoms with E-state index in [0.717, 1.165) is 12.8 Å². The van der Waals surface area contributed by atoms with Gasteiger partial charge in [0.05, 0.1) is 12.6 Å². The number of hydrogen-bond acceptors (Lipinski definition) is 2. The molecular formula is C9H21N3O. The van der Waals surface area contributed by atoms with Gasteiger partial charge in [0.1, 0.15) is 0 Å². The quantitative estimate of drug-likeness (QED) is 0.476. The van der Waals surface area contributed by atoms with E-state index < -0.39 is 0 Å². The standard InChI is InChI=1S/C9H21N3O/c1-4-6-8(7-13-3)12-9(10)11-5-2/h8H,4-7H2,1-3H3,(H3,10,11,12). The molecule has 13 heavy (non-hydrogen) atoms. The summed E-state index contributed by atoms with van der Waals surface area (Å²) in [5, 5.41) is 3.12. The molecule has 0 bridgehead atoms. The molecule has 3 N–H and O–H groups in total. The zero-order valence-electron chi connectivity index (χ0n) is 8.84. The first-order valence-electron chi connectivity index (χ1n) is 4.79. The van der Waals surface area contributed by atoms with Gasteiger partial charge in [0.25, 0.3) is 0 Å². The number of nitrogens with zero attached hydrogens (tertiary/aromatic N) is 1. The number of rotatable bonds is 6. The van der Waals surface area contributed by atoms with Gasteiger partial charge in [-0.2, -0.15) is 0 Å². The van der Waals surface area contributed by atoms with Crippen molar-refractivity contribution in [3.05, 3.63) is 0 Å². The van der Waals surface area contributed by atoms with E-state index in [1.54, 1.807) is 7.11 Å². The summed E-state index contributed by atoms with van der Waals surface area (Å²) in [6.07, 6.45) is 2.16. The normalized spacial score (nSPS) is 14.2. The molecule has 0 aromatic heterocycles.